The van der Waals surface area contributed by atoms with Gasteiger partial charge in [-0.1, -0.05) is 67.5 Å². The molecule has 0 aliphatic heterocycles. The molecule has 4 rings (SSSR count). The number of halogens is 2. The van der Waals surface area contributed by atoms with E-state index >= 15 is 0 Å². The molecule has 3 aromatic carbocycles. The number of carbonyl (C=O) groups is 1. The lowest BCUT2D eigenvalue weighted by atomic mass is 10.0. The molecule has 0 saturated heterocycles. The molecule has 9 heteroatoms. The molecule has 0 radical (unpaired) electrons. The Morgan fingerprint density at radius 3 is 2.47 bits per heavy atom. The number of urea groups is 1. The molecule has 2 N–H and O–H groups in total. The van der Waals surface area contributed by atoms with Gasteiger partial charge < -0.3 is 10.6 Å². The number of hydrogen-bond acceptors (Lipinski definition) is 4. The highest BCUT2D eigenvalue weighted by Crippen LogP contribution is 2.28. The highest BCUT2D eigenvalue weighted by Gasteiger charge is 2.17. The van der Waals surface area contributed by atoms with Crippen LogP contribution >= 0.6 is 23.4 Å². The summed E-state index contributed by atoms with van der Waals surface area (Å²) in [5.41, 5.74) is 4.69. The summed E-state index contributed by atoms with van der Waals surface area (Å²) in [6, 6.07) is 19.4. The van der Waals surface area contributed by atoms with Crippen molar-refractivity contribution in [3.05, 3.63) is 100 Å². The minimum atomic E-state index is -0.342. The van der Waals surface area contributed by atoms with Gasteiger partial charge in [0.25, 0.3) is 0 Å². The third kappa shape index (κ3) is 6.44. The molecule has 0 saturated carbocycles. The lowest BCUT2D eigenvalue weighted by Gasteiger charge is -2.14. The first-order valence-electron chi connectivity index (χ1n) is 11.5. The van der Waals surface area contributed by atoms with Gasteiger partial charge in [-0.3, -0.25) is 4.57 Å². The normalized spacial score (nSPS) is 11.1. The zero-order valence-electron chi connectivity index (χ0n) is 20.3. The van der Waals surface area contributed by atoms with Gasteiger partial charge in [0, 0.05) is 16.5 Å². The number of carbonyl (C=O) groups excluding carboxylic acids is 1. The molecule has 0 aliphatic carbocycles. The topological polar surface area (TPSA) is 71.8 Å². The maximum absolute atomic E-state index is 13.3. The molecule has 1 aromatic heterocycles. The summed E-state index contributed by atoms with van der Waals surface area (Å²) >= 11 is 7.77. The number of aryl methyl sites for hydroxylation is 1. The van der Waals surface area contributed by atoms with E-state index in [1.165, 1.54) is 29.5 Å². The predicted molar refractivity (Wildman–Crippen MR) is 143 cm³/mol. The van der Waals surface area contributed by atoms with Crippen molar-refractivity contribution in [2.45, 2.75) is 44.1 Å². The van der Waals surface area contributed by atoms with Crippen LogP contribution in [0.5, 0.6) is 0 Å². The van der Waals surface area contributed by atoms with Crippen LogP contribution in [0.2, 0.25) is 5.02 Å². The standard InChI is InChI=1S/C27H27ClFN5OS/c1-17(2)20-7-12-23(13-8-20)31-26(35)30-15-25-32-33-27(36-16-19-5-10-22(29)11-6-19)34(25)24-14-21(28)9-4-18(24)3/h4-14,17H,15-16H2,1-3H3,(H2,30,31,35). The maximum atomic E-state index is 13.3. The monoisotopic (exact) mass is 523 g/mol. The van der Waals surface area contributed by atoms with Gasteiger partial charge in [-0.2, -0.15) is 0 Å². The minimum absolute atomic E-state index is 0.159. The van der Waals surface area contributed by atoms with Gasteiger partial charge >= 0.3 is 6.03 Å². The highest BCUT2D eigenvalue weighted by molar-refractivity contribution is 7.98. The zero-order valence-corrected chi connectivity index (χ0v) is 21.8. The first-order chi connectivity index (χ1) is 17.3. The average Bonchev–Trinajstić information content (AvgIpc) is 3.26. The molecule has 0 aliphatic rings. The Labute approximate surface area is 219 Å². The van der Waals surface area contributed by atoms with Crippen molar-refractivity contribution < 1.29 is 9.18 Å². The van der Waals surface area contributed by atoms with Crippen LogP contribution in [0.4, 0.5) is 14.9 Å². The Balaban J connectivity index is 1.52. The van der Waals surface area contributed by atoms with Crippen LogP contribution in [0.1, 0.15) is 42.3 Å². The predicted octanol–water partition coefficient (Wildman–Crippen LogP) is 7.11. The van der Waals surface area contributed by atoms with Gasteiger partial charge in [0.1, 0.15) is 5.82 Å². The summed E-state index contributed by atoms with van der Waals surface area (Å²) in [6.07, 6.45) is 0. The first-order valence-corrected chi connectivity index (χ1v) is 12.9. The summed E-state index contributed by atoms with van der Waals surface area (Å²) in [5, 5.41) is 15.7. The second-order valence-corrected chi connectivity index (χ2v) is 10.0. The third-order valence-corrected chi connectivity index (χ3v) is 6.87. The van der Waals surface area contributed by atoms with Gasteiger partial charge in [0.2, 0.25) is 0 Å². The van der Waals surface area contributed by atoms with Crippen LogP contribution in [0.3, 0.4) is 0 Å². The van der Waals surface area contributed by atoms with Gasteiger partial charge in [-0.15, -0.1) is 10.2 Å². The molecule has 4 aromatic rings. The smallest absolute Gasteiger partial charge is 0.319 e. The van der Waals surface area contributed by atoms with Gasteiger partial charge in [-0.25, -0.2) is 9.18 Å². The molecule has 0 fully saturated rings. The van der Waals surface area contributed by atoms with E-state index in [2.05, 4.69) is 34.7 Å². The second kappa shape index (κ2) is 11.6. The number of benzene rings is 3. The fourth-order valence-corrected chi connectivity index (χ4v) is 4.67. The van der Waals surface area contributed by atoms with Crippen molar-refractivity contribution in [3.8, 4) is 5.69 Å². The average molecular weight is 524 g/mol. The van der Waals surface area contributed by atoms with Crippen molar-refractivity contribution >= 4 is 35.1 Å². The molecule has 1 heterocycles. The van der Waals surface area contributed by atoms with E-state index in [0.717, 1.165) is 16.8 Å². The van der Waals surface area contributed by atoms with Crippen LogP contribution in [0.25, 0.3) is 5.69 Å². The number of thioether (sulfide) groups is 1. The summed E-state index contributed by atoms with van der Waals surface area (Å²) in [6.45, 7) is 6.38. The number of nitrogens with one attached hydrogen (secondary N) is 2. The minimum Gasteiger partial charge on any atom is -0.331 e. The van der Waals surface area contributed by atoms with Crippen molar-refractivity contribution in [2.75, 3.05) is 5.32 Å². The van der Waals surface area contributed by atoms with Crippen LogP contribution in [-0.4, -0.2) is 20.8 Å². The Hall–Kier alpha value is -3.36. The quantitative estimate of drug-likeness (QED) is 0.241. The molecular weight excluding hydrogens is 497 g/mol. The third-order valence-electron chi connectivity index (χ3n) is 5.64. The number of anilines is 1. The lowest BCUT2D eigenvalue weighted by molar-refractivity contribution is 0.251. The van der Waals surface area contributed by atoms with E-state index in [-0.39, 0.29) is 18.4 Å². The fourth-order valence-electron chi connectivity index (χ4n) is 3.59. The van der Waals surface area contributed by atoms with Gasteiger partial charge in [0.15, 0.2) is 11.0 Å². The summed E-state index contributed by atoms with van der Waals surface area (Å²) in [7, 11) is 0. The number of rotatable bonds is 8. The van der Waals surface area contributed by atoms with Crippen molar-refractivity contribution in [1.29, 1.82) is 0 Å². The Morgan fingerprint density at radius 2 is 1.78 bits per heavy atom. The molecule has 2 amide bonds. The summed E-state index contributed by atoms with van der Waals surface area (Å²) in [4.78, 5) is 12.6. The zero-order chi connectivity index (χ0) is 25.7. The Kier molecular flexibility index (Phi) is 8.28. The molecule has 0 atom stereocenters. The number of nitrogens with zero attached hydrogens (tertiary/aromatic N) is 3. The largest absolute Gasteiger partial charge is 0.331 e. The second-order valence-electron chi connectivity index (χ2n) is 8.66. The van der Waals surface area contributed by atoms with E-state index in [1.807, 2.05) is 54.0 Å². The highest BCUT2D eigenvalue weighted by atomic mass is 35.5. The van der Waals surface area contributed by atoms with Crippen molar-refractivity contribution in [2.24, 2.45) is 0 Å². The van der Waals surface area contributed by atoms with Crippen molar-refractivity contribution in [1.82, 2.24) is 20.1 Å². The van der Waals surface area contributed by atoms with E-state index in [4.69, 9.17) is 11.6 Å². The SMILES string of the molecule is Cc1ccc(Cl)cc1-n1c(CNC(=O)Nc2ccc(C(C)C)cc2)nnc1SCc1ccc(F)cc1. The molecule has 6 nitrogen and oxygen atoms in total. The van der Waals surface area contributed by atoms with Gasteiger partial charge in [-0.05, 0) is 65.9 Å². The van der Waals surface area contributed by atoms with E-state index < -0.39 is 0 Å². The maximum Gasteiger partial charge on any atom is 0.319 e. The lowest BCUT2D eigenvalue weighted by Crippen LogP contribution is -2.29. The van der Waals surface area contributed by atoms with Gasteiger partial charge in [0.05, 0.1) is 12.2 Å². The molecule has 36 heavy (non-hydrogen) atoms. The number of aromatic nitrogens is 3. The summed E-state index contributed by atoms with van der Waals surface area (Å²) < 4.78 is 15.2. The van der Waals surface area contributed by atoms with E-state index in [9.17, 15) is 9.18 Å². The van der Waals surface area contributed by atoms with E-state index in [0.29, 0.717) is 33.4 Å². The molecular formula is C27H27ClFN5OS. The van der Waals surface area contributed by atoms with Crippen molar-refractivity contribution in [3.63, 3.8) is 0 Å². The molecule has 186 valence electrons. The first kappa shape index (κ1) is 25.7. The summed E-state index contributed by atoms with van der Waals surface area (Å²) in [5.74, 6) is 1.29. The molecule has 0 spiro atoms. The van der Waals surface area contributed by atoms with Crippen LogP contribution in [-0.2, 0) is 12.3 Å². The van der Waals surface area contributed by atoms with Crippen LogP contribution in [0.15, 0.2) is 71.9 Å². The van der Waals surface area contributed by atoms with E-state index in [1.54, 1.807) is 12.1 Å². The van der Waals surface area contributed by atoms with Crippen LogP contribution < -0.4 is 10.6 Å². The fraction of sp³-hybridized carbons (Fsp3) is 0.222. The Morgan fingerprint density at radius 1 is 1.06 bits per heavy atom. The van der Waals surface area contributed by atoms with Crippen LogP contribution in [0, 0.1) is 12.7 Å². The Bertz CT molecular complexity index is 1340. The number of amides is 2. The molecule has 0 bridgehead atoms. The number of hydrogen-bond donors (Lipinski definition) is 2. The molecule has 0 unspecified atom stereocenters.